The minimum Gasteiger partial charge on any atom is -0.399 e. The molecule has 23 heavy (non-hydrogen) atoms. The maximum absolute atomic E-state index is 12.5. The monoisotopic (exact) mass is 318 g/mol. The highest BCUT2D eigenvalue weighted by Crippen LogP contribution is 2.29. The third kappa shape index (κ3) is 3.50. The summed E-state index contributed by atoms with van der Waals surface area (Å²) in [4.78, 5) is 4.34. The summed E-state index contributed by atoms with van der Waals surface area (Å²) in [7, 11) is 0. The van der Waals surface area contributed by atoms with Gasteiger partial charge < -0.3 is 5.73 Å². The van der Waals surface area contributed by atoms with E-state index >= 15 is 0 Å². The van der Waals surface area contributed by atoms with E-state index in [9.17, 15) is 13.2 Å². The zero-order valence-electron chi connectivity index (χ0n) is 11.9. The van der Waals surface area contributed by atoms with Crippen LogP contribution in [0.5, 0.6) is 0 Å². The van der Waals surface area contributed by atoms with Crippen molar-refractivity contribution in [1.82, 2.24) is 15.2 Å². The quantitative estimate of drug-likeness (QED) is 0.724. The second kappa shape index (κ2) is 5.75. The number of H-pyrrole nitrogens is 1. The molecule has 3 rings (SSSR count). The van der Waals surface area contributed by atoms with Crippen LogP contribution < -0.4 is 5.73 Å². The summed E-state index contributed by atoms with van der Waals surface area (Å²) < 4.78 is 37.6. The first-order chi connectivity index (χ1) is 10.9. The van der Waals surface area contributed by atoms with Crippen LogP contribution in [0.1, 0.15) is 17.0 Å². The molecule has 3 N–H and O–H groups in total. The van der Waals surface area contributed by atoms with E-state index in [0.717, 1.165) is 17.7 Å². The maximum atomic E-state index is 12.5. The van der Waals surface area contributed by atoms with Crippen LogP contribution >= 0.6 is 0 Å². The van der Waals surface area contributed by atoms with Gasteiger partial charge in [0.25, 0.3) is 0 Å². The molecule has 0 aliphatic heterocycles. The van der Waals surface area contributed by atoms with E-state index in [4.69, 9.17) is 5.73 Å². The zero-order chi connectivity index (χ0) is 16.4. The van der Waals surface area contributed by atoms with Crippen LogP contribution in [0.15, 0.2) is 48.5 Å². The van der Waals surface area contributed by atoms with E-state index in [2.05, 4.69) is 15.2 Å². The molecule has 118 valence electrons. The number of nitrogen functional groups attached to an aromatic ring is 1. The van der Waals surface area contributed by atoms with Crippen molar-refractivity contribution in [1.29, 1.82) is 0 Å². The Morgan fingerprint density at radius 1 is 1.04 bits per heavy atom. The molecular weight excluding hydrogens is 305 g/mol. The van der Waals surface area contributed by atoms with E-state index < -0.39 is 11.7 Å². The molecule has 0 unspecified atom stereocenters. The molecule has 1 aromatic heterocycles. The highest BCUT2D eigenvalue weighted by atomic mass is 19.4. The number of hydrogen-bond donors (Lipinski definition) is 2. The number of alkyl halides is 3. The van der Waals surface area contributed by atoms with Crippen molar-refractivity contribution in [3.05, 3.63) is 65.5 Å². The van der Waals surface area contributed by atoms with Gasteiger partial charge in [-0.05, 0) is 29.8 Å². The largest absolute Gasteiger partial charge is 0.416 e. The molecule has 4 nitrogen and oxygen atoms in total. The van der Waals surface area contributed by atoms with Crippen molar-refractivity contribution >= 4 is 5.69 Å². The topological polar surface area (TPSA) is 67.6 Å². The number of hydrogen-bond acceptors (Lipinski definition) is 3. The van der Waals surface area contributed by atoms with Crippen molar-refractivity contribution in [3.63, 3.8) is 0 Å². The number of aromatic nitrogens is 3. The van der Waals surface area contributed by atoms with Gasteiger partial charge in [0.15, 0.2) is 5.82 Å². The number of halogens is 3. The van der Waals surface area contributed by atoms with Gasteiger partial charge in [0.2, 0.25) is 0 Å². The molecule has 0 aliphatic rings. The Kier molecular flexibility index (Phi) is 3.77. The molecule has 0 radical (unpaired) electrons. The molecule has 3 aromatic rings. The fourth-order valence-corrected chi connectivity index (χ4v) is 2.19. The number of rotatable bonds is 3. The molecule has 1 heterocycles. The number of nitrogens with two attached hydrogens (primary N) is 1. The lowest BCUT2D eigenvalue weighted by Gasteiger charge is -2.06. The van der Waals surface area contributed by atoms with Gasteiger partial charge in [-0.1, -0.05) is 24.3 Å². The van der Waals surface area contributed by atoms with Crippen molar-refractivity contribution < 1.29 is 13.2 Å². The van der Waals surface area contributed by atoms with Crippen LogP contribution in [0, 0.1) is 0 Å². The fourth-order valence-electron chi connectivity index (χ4n) is 2.19. The standard InChI is InChI=1S/C16H13F3N4/c17-16(18,19)12-6-4-10(5-7-12)8-14-21-15(23-22-14)11-2-1-3-13(20)9-11/h1-7,9H,8,20H2,(H,21,22,23). The Hall–Kier alpha value is -2.83. The maximum Gasteiger partial charge on any atom is 0.416 e. The van der Waals surface area contributed by atoms with Crippen LogP contribution in [-0.2, 0) is 12.6 Å². The Morgan fingerprint density at radius 2 is 1.78 bits per heavy atom. The van der Waals surface area contributed by atoms with Crippen LogP contribution in [-0.4, -0.2) is 15.2 Å². The van der Waals surface area contributed by atoms with Gasteiger partial charge in [-0.15, -0.1) is 0 Å². The summed E-state index contributed by atoms with van der Waals surface area (Å²) in [5.74, 6) is 1.07. The van der Waals surface area contributed by atoms with E-state index in [1.54, 1.807) is 18.2 Å². The third-order valence-corrected chi connectivity index (χ3v) is 3.33. The van der Waals surface area contributed by atoms with Crippen molar-refractivity contribution in [2.75, 3.05) is 5.73 Å². The lowest BCUT2D eigenvalue weighted by Crippen LogP contribution is -2.04. The fraction of sp³-hybridized carbons (Fsp3) is 0.125. The number of anilines is 1. The second-order valence-electron chi connectivity index (χ2n) is 5.10. The van der Waals surface area contributed by atoms with Crippen LogP contribution in [0.2, 0.25) is 0 Å². The molecule has 0 amide bonds. The van der Waals surface area contributed by atoms with Crippen molar-refractivity contribution in [2.24, 2.45) is 0 Å². The van der Waals surface area contributed by atoms with Crippen LogP contribution in [0.3, 0.4) is 0 Å². The number of benzene rings is 2. The first kappa shape index (κ1) is 15.1. The SMILES string of the molecule is Nc1cccc(-c2n[nH]c(Cc3ccc(C(F)(F)F)cc3)n2)c1. The predicted molar refractivity (Wildman–Crippen MR) is 80.5 cm³/mol. The molecule has 0 aliphatic carbocycles. The van der Waals surface area contributed by atoms with Gasteiger partial charge in [-0.2, -0.15) is 18.3 Å². The molecule has 2 aromatic carbocycles. The minimum atomic E-state index is -4.33. The van der Waals surface area contributed by atoms with Crippen molar-refractivity contribution in [3.8, 4) is 11.4 Å². The smallest absolute Gasteiger partial charge is 0.399 e. The lowest BCUT2D eigenvalue weighted by atomic mass is 10.1. The summed E-state index contributed by atoms with van der Waals surface area (Å²) in [6.07, 6.45) is -3.96. The first-order valence-electron chi connectivity index (χ1n) is 6.85. The van der Waals surface area contributed by atoms with Gasteiger partial charge in [0.05, 0.1) is 5.56 Å². The third-order valence-electron chi connectivity index (χ3n) is 3.33. The molecule has 0 saturated heterocycles. The van der Waals surface area contributed by atoms with Gasteiger partial charge in [-0.25, -0.2) is 4.98 Å². The summed E-state index contributed by atoms with van der Waals surface area (Å²) in [5, 5.41) is 6.90. The molecular formula is C16H13F3N4. The lowest BCUT2D eigenvalue weighted by molar-refractivity contribution is -0.137. The average molecular weight is 318 g/mol. The minimum absolute atomic E-state index is 0.369. The highest BCUT2D eigenvalue weighted by molar-refractivity contribution is 5.60. The number of aromatic amines is 1. The van der Waals surface area contributed by atoms with Crippen LogP contribution in [0.25, 0.3) is 11.4 Å². The molecule has 0 spiro atoms. The second-order valence-corrected chi connectivity index (χ2v) is 5.10. The van der Waals surface area contributed by atoms with E-state index in [1.807, 2.05) is 6.07 Å². The van der Waals surface area contributed by atoms with Gasteiger partial charge in [0, 0.05) is 17.7 Å². The Balaban J connectivity index is 1.77. The Morgan fingerprint density at radius 3 is 2.43 bits per heavy atom. The zero-order valence-corrected chi connectivity index (χ0v) is 11.9. The van der Waals surface area contributed by atoms with Crippen molar-refractivity contribution in [2.45, 2.75) is 12.6 Å². The van der Waals surface area contributed by atoms with Gasteiger partial charge in [0.1, 0.15) is 5.82 Å². The summed E-state index contributed by atoms with van der Waals surface area (Å²) in [5.41, 5.74) is 7.15. The van der Waals surface area contributed by atoms with E-state index in [-0.39, 0.29) is 0 Å². The molecule has 0 fully saturated rings. The van der Waals surface area contributed by atoms with E-state index in [1.165, 1.54) is 12.1 Å². The summed E-state index contributed by atoms with van der Waals surface area (Å²) >= 11 is 0. The Labute approximate surface area is 130 Å². The molecule has 0 atom stereocenters. The summed E-state index contributed by atoms with van der Waals surface area (Å²) in [6, 6.07) is 12.1. The molecule has 7 heteroatoms. The normalized spacial score (nSPS) is 11.6. The Bertz CT molecular complexity index is 807. The molecule has 0 bridgehead atoms. The van der Waals surface area contributed by atoms with Gasteiger partial charge in [-0.3, -0.25) is 5.10 Å². The highest BCUT2D eigenvalue weighted by Gasteiger charge is 2.29. The molecule has 0 saturated carbocycles. The number of nitrogens with zero attached hydrogens (tertiary/aromatic N) is 2. The predicted octanol–water partition coefficient (Wildman–Crippen LogP) is 3.66. The van der Waals surface area contributed by atoms with Gasteiger partial charge >= 0.3 is 6.18 Å². The number of nitrogens with one attached hydrogen (secondary N) is 1. The average Bonchev–Trinajstić information content (AvgIpc) is 2.95. The van der Waals surface area contributed by atoms with E-state index in [0.29, 0.717) is 29.3 Å². The van der Waals surface area contributed by atoms with Crippen LogP contribution in [0.4, 0.5) is 18.9 Å². The summed E-state index contributed by atoms with van der Waals surface area (Å²) in [6.45, 7) is 0. The first-order valence-corrected chi connectivity index (χ1v) is 6.85.